The summed E-state index contributed by atoms with van der Waals surface area (Å²) in [4.78, 5) is 17.1. The van der Waals surface area contributed by atoms with E-state index in [1.807, 2.05) is 6.92 Å². The van der Waals surface area contributed by atoms with Crippen LogP contribution in [-0.4, -0.2) is 19.3 Å². The fraction of sp³-hybridized carbons (Fsp3) is 0.111. The highest BCUT2D eigenvalue weighted by Gasteiger charge is 2.20. The van der Waals surface area contributed by atoms with Gasteiger partial charge < -0.3 is 5.32 Å². The lowest BCUT2D eigenvalue weighted by Gasteiger charge is -2.05. The van der Waals surface area contributed by atoms with E-state index in [9.17, 15) is 13.2 Å². The highest BCUT2D eigenvalue weighted by Crippen LogP contribution is 2.26. The number of aryl methyl sites for hydroxylation is 2. The Labute approximate surface area is 166 Å². The van der Waals surface area contributed by atoms with Gasteiger partial charge in [0.15, 0.2) is 5.13 Å². The Hall–Kier alpha value is -2.42. The van der Waals surface area contributed by atoms with E-state index in [4.69, 9.17) is 11.6 Å². The number of halogens is 1. The van der Waals surface area contributed by atoms with Crippen LogP contribution in [0.1, 0.15) is 20.9 Å². The first-order chi connectivity index (χ1) is 12.7. The van der Waals surface area contributed by atoms with Gasteiger partial charge in [0.25, 0.3) is 15.9 Å². The average Bonchev–Trinajstić information content (AvgIpc) is 2.97. The summed E-state index contributed by atoms with van der Waals surface area (Å²) in [5, 5.41) is 3.43. The fourth-order valence-electron chi connectivity index (χ4n) is 2.26. The molecule has 0 fully saturated rings. The molecule has 1 heterocycles. The summed E-state index contributed by atoms with van der Waals surface area (Å²) in [5.41, 5.74) is 1.98. The molecule has 6 nitrogen and oxygen atoms in total. The number of amides is 1. The zero-order valence-electron chi connectivity index (χ0n) is 14.5. The Morgan fingerprint density at radius 1 is 1.04 bits per heavy atom. The minimum absolute atomic E-state index is 0.133. The maximum absolute atomic E-state index is 12.5. The van der Waals surface area contributed by atoms with Crippen molar-refractivity contribution in [3.8, 4) is 0 Å². The first kappa shape index (κ1) is 19.3. The van der Waals surface area contributed by atoms with E-state index in [0.29, 0.717) is 21.3 Å². The van der Waals surface area contributed by atoms with Crippen molar-refractivity contribution in [2.75, 3.05) is 10.0 Å². The molecule has 0 saturated heterocycles. The van der Waals surface area contributed by atoms with Gasteiger partial charge in [0, 0.05) is 10.7 Å². The zero-order valence-corrected chi connectivity index (χ0v) is 16.9. The molecule has 0 saturated carbocycles. The Bertz CT molecular complexity index is 1080. The van der Waals surface area contributed by atoms with Gasteiger partial charge in [-0.05, 0) is 50.2 Å². The van der Waals surface area contributed by atoms with Crippen molar-refractivity contribution in [2.45, 2.75) is 18.7 Å². The molecule has 0 radical (unpaired) electrons. The molecule has 0 unspecified atom stereocenters. The molecule has 9 heteroatoms. The summed E-state index contributed by atoms with van der Waals surface area (Å²) in [6.07, 6.45) is 0. The molecular formula is C18H16ClN3O3S2. The molecule has 0 aliphatic carbocycles. The Morgan fingerprint density at radius 2 is 1.67 bits per heavy atom. The molecule has 0 aliphatic heterocycles. The highest BCUT2D eigenvalue weighted by atomic mass is 35.5. The van der Waals surface area contributed by atoms with Crippen LogP contribution < -0.4 is 10.0 Å². The van der Waals surface area contributed by atoms with E-state index in [0.717, 1.165) is 16.9 Å². The summed E-state index contributed by atoms with van der Waals surface area (Å²) in [6, 6.07) is 13.2. The first-order valence-corrected chi connectivity index (χ1v) is 10.6. The predicted molar refractivity (Wildman–Crippen MR) is 108 cm³/mol. The largest absolute Gasteiger partial charge is 0.321 e. The molecule has 0 aliphatic rings. The Morgan fingerprint density at radius 3 is 2.30 bits per heavy atom. The van der Waals surface area contributed by atoms with Crippen molar-refractivity contribution >= 4 is 49.7 Å². The average molecular weight is 422 g/mol. The fourth-order valence-corrected chi connectivity index (χ4v) is 4.49. The van der Waals surface area contributed by atoms with E-state index in [1.54, 1.807) is 43.3 Å². The minimum Gasteiger partial charge on any atom is -0.321 e. The van der Waals surface area contributed by atoms with Crippen LogP contribution in [0.25, 0.3) is 0 Å². The minimum atomic E-state index is -3.77. The molecule has 1 amide bonds. The van der Waals surface area contributed by atoms with Crippen LogP contribution in [0.15, 0.2) is 53.4 Å². The second-order valence-corrected chi connectivity index (χ2v) is 8.93. The predicted octanol–water partition coefficient (Wildman–Crippen LogP) is 4.47. The lowest BCUT2D eigenvalue weighted by atomic mass is 10.2. The van der Waals surface area contributed by atoms with Crippen LogP contribution >= 0.6 is 22.9 Å². The number of benzene rings is 2. The van der Waals surface area contributed by atoms with Crippen molar-refractivity contribution in [3.05, 3.63) is 69.7 Å². The molecule has 1 aromatic heterocycles. The van der Waals surface area contributed by atoms with Gasteiger partial charge >= 0.3 is 0 Å². The third-order valence-corrected chi connectivity index (χ3v) is 6.47. The summed E-state index contributed by atoms with van der Waals surface area (Å²) >= 11 is 6.80. The lowest BCUT2D eigenvalue weighted by molar-refractivity contribution is 0.103. The van der Waals surface area contributed by atoms with Gasteiger partial charge in [-0.15, -0.1) is 0 Å². The maximum Gasteiger partial charge on any atom is 0.267 e. The third kappa shape index (κ3) is 4.65. The van der Waals surface area contributed by atoms with Gasteiger partial charge in [-0.1, -0.05) is 40.6 Å². The van der Waals surface area contributed by atoms with Crippen LogP contribution in [0.3, 0.4) is 0 Å². The van der Waals surface area contributed by atoms with Crippen LogP contribution in [0, 0.1) is 13.8 Å². The molecule has 0 spiro atoms. The number of hydrogen-bond acceptors (Lipinski definition) is 5. The second kappa shape index (κ2) is 7.67. The Kier molecular flexibility index (Phi) is 5.50. The molecule has 0 atom stereocenters. The van der Waals surface area contributed by atoms with E-state index in [1.165, 1.54) is 12.1 Å². The normalized spacial score (nSPS) is 11.2. The molecule has 2 N–H and O–H groups in total. The van der Waals surface area contributed by atoms with Gasteiger partial charge in [0.05, 0.1) is 10.6 Å². The van der Waals surface area contributed by atoms with Crippen molar-refractivity contribution in [1.82, 2.24) is 4.98 Å². The highest BCUT2D eigenvalue weighted by molar-refractivity contribution is 7.93. The van der Waals surface area contributed by atoms with Crippen molar-refractivity contribution < 1.29 is 13.2 Å². The smallest absolute Gasteiger partial charge is 0.267 e. The number of rotatable bonds is 5. The van der Waals surface area contributed by atoms with Gasteiger partial charge in [-0.3, -0.25) is 9.52 Å². The van der Waals surface area contributed by atoms with Gasteiger partial charge in [-0.2, -0.15) is 0 Å². The van der Waals surface area contributed by atoms with Gasteiger partial charge in [0.2, 0.25) is 0 Å². The molecule has 27 heavy (non-hydrogen) atoms. The first-order valence-electron chi connectivity index (χ1n) is 7.88. The topological polar surface area (TPSA) is 88.2 Å². The quantitative estimate of drug-likeness (QED) is 0.636. The van der Waals surface area contributed by atoms with Crippen molar-refractivity contribution in [3.63, 3.8) is 0 Å². The number of nitrogens with one attached hydrogen (secondary N) is 2. The van der Waals surface area contributed by atoms with Gasteiger partial charge in [0.1, 0.15) is 4.88 Å². The second-order valence-electron chi connectivity index (χ2n) is 5.81. The number of sulfonamides is 1. The summed E-state index contributed by atoms with van der Waals surface area (Å²) < 4.78 is 27.4. The summed E-state index contributed by atoms with van der Waals surface area (Å²) in [6.45, 7) is 3.52. The van der Waals surface area contributed by atoms with Crippen molar-refractivity contribution in [2.24, 2.45) is 0 Å². The molecular weight excluding hydrogens is 406 g/mol. The molecule has 3 aromatic rings. The van der Waals surface area contributed by atoms with E-state index >= 15 is 0 Å². The van der Waals surface area contributed by atoms with Crippen LogP contribution in [-0.2, 0) is 10.0 Å². The Balaban J connectivity index is 1.78. The maximum atomic E-state index is 12.5. The van der Waals surface area contributed by atoms with Crippen molar-refractivity contribution in [1.29, 1.82) is 0 Å². The van der Waals surface area contributed by atoms with E-state index < -0.39 is 10.0 Å². The molecule has 2 aromatic carbocycles. The van der Waals surface area contributed by atoms with Crippen LogP contribution in [0.4, 0.5) is 10.8 Å². The van der Waals surface area contributed by atoms with Crippen LogP contribution in [0.2, 0.25) is 5.02 Å². The SMILES string of the molecule is Cc1ccc(S(=O)(=O)Nc2nc(C)c(C(=O)Nc3ccc(Cl)cc3)s2)cc1. The molecule has 3 rings (SSSR count). The third-order valence-electron chi connectivity index (χ3n) is 3.66. The van der Waals surface area contributed by atoms with E-state index in [2.05, 4.69) is 15.0 Å². The van der Waals surface area contributed by atoms with E-state index in [-0.39, 0.29) is 15.9 Å². The van der Waals surface area contributed by atoms with Crippen LogP contribution in [0.5, 0.6) is 0 Å². The zero-order chi connectivity index (χ0) is 19.6. The standard InChI is InChI=1S/C18H16ClN3O3S2/c1-11-3-9-15(10-4-11)27(24,25)22-18-20-12(2)16(26-18)17(23)21-14-7-5-13(19)6-8-14/h3-10H,1-2H3,(H,20,22)(H,21,23). The molecule has 0 bridgehead atoms. The van der Waals surface area contributed by atoms with Gasteiger partial charge in [-0.25, -0.2) is 13.4 Å². The summed E-state index contributed by atoms with van der Waals surface area (Å²) in [7, 11) is -3.77. The number of anilines is 2. The number of hydrogen-bond donors (Lipinski definition) is 2. The number of aromatic nitrogens is 1. The number of thiazole rings is 1. The monoisotopic (exact) mass is 421 g/mol. The summed E-state index contributed by atoms with van der Waals surface area (Å²) in [5.74, 6) is -0.367. The number of carbonyl (C=O) groups is 1. The molecule has 140 valence electrons. The lowest BCUT2D eigenvalue weighted by Crippen LogP contribution is -2.12. The number of nitrogens with zero attached hydrogens (tertiary/aromatic N) is 1. The number of carbonyl (C=O) groups excluding carboxylic acids is 1.